The van der Waals surface area contributed by atoms with Crippen LogP contribution in [0.4, 0.5) is 15.3 Å². The summed E-state index contributed by atoms with van der Waals surface area (Å²) in [6.45, 7) is 7.36. The quantitative estimate of drug-likeness (QED) is 0.712. The number of rotatable bonds is 2. The molecular formula is C18H23BrN2O5. The van der Waals surface area contributed by atoms with Gasteiger partial charge in [-0.1, -0.05) is 0 Å². The predicted octanol–water partition coefficient (Wildman–Crippen LogP) is 4.06. The summed E-state index contributed by atoms with van der Waals surface area (Å²) >= 11 is 3.59. The van der Waals surface area contributed by atoms with Crippen molar-refractivity contribution in [1.29, 1.82) is 0 Å². The van der Waals surface area contributed by atoms with E-state index in [0.29, 0.717) is 37.7 Å². The Morgan fingerprint density at radius 2 is 2.04 bits per heavy atom. The van der Waals surface area contributed by atoms with Gasteiger partial charge in [0.05, 0.1) is 30.4 Å². The zero-order chi connectivity index (χ0) is 19.1. The Hall–Kier alpha value is -1.96. The average Bonchev–Trinajstić information content (AvgIpc) is 2.98. The Balaban J connectivity index is 1.92. The van der Waals surface area contributed by atoms with E-state index >= 15 is 0 Å². The highest BCUT2D eigenvalue weighted by molar-refractivity contribution is 9.10. The number of nitrogens with zero attached hydrogens (tertiary/aromatic N) is 2. The number of cyclic esters (lactones) is 1. The molecule has 0 saturated carbocycles. The SMILES string of the molecule is COc1c(N2CCCOC2=O)cc2c(c1Br)CN(C(=O)OC(C)(C)C)C2. The van der Waals surface area contributed by atoms with E-state index in [2.05, 4.69) is 15.9 Å². The molecule has 1 aromatic carbocycles. The average molecular weight is 427 g/mol. The van der Waals surface area contributed by atoms with Crippen molar-refractivity contribution in [3.63, 3.8) is 0 Å². The number of fused-ring (bicyclic) bond motifs is 1. The van der Waals surface area contributed by atoms with Crippen LogP contribution >= 0.6 is 15.9 Å². The molecule has 2 amide bonds. The molecule has 0 unspecified atom stereocenters. The molecule has 8 heteroatoms. The van der Waals surface area contributed by atoms with Gasteiger partial charge in [-0.3, -0.25) is 9.80 Å². The molecule has 0 atom stereocenters. The van der Waals surface area contributed by atoms with Gasteiger partial charge < -0.3 is 14.2 Å². The molecule has 1 aromatic rings. The molecule has 0 aromatic heterocycles. The molecule has 26 heavy (non-hydrogen) atoms. The molecule has 1 saturated heterocycles. The summed E-state index contributed by atoms with van der Waals surface area (Å²) in [4.78, 5) is 27.8. The first-order chi connectivity index (χ1) is 12.2. The van der Waals surface area contributed by atoms with Gasteiger partial charge in [0.25, 0.3) is 0 Å². The summed E-state index contributed by atoms with van der Waals surface area (Å²) in [6, 6.07) is 1.90. The molecule has 0 N–H and O–H groups in total. The Labute approximate surface area is 161 Å². The lowest BCUT2D eigenvalue weighted by molar-refractivity contribution is 0.0241. The van der Waals surface area contributed by atoms with Gasteiger partial charge in [0.2, 0.25) is 0 Å². The molecular weight excluding hydrogens is 404 g/mol. The van der Waals surface area contributed by atoms with E-state index in [0.717, 1.165) is 22.0 Å². The summed E-state index contributed by atoms with van der Waals surface area (Å²) in [6.07, 6.45) is 0.00933. The van der Waals surface area contributed by atoms with Crippen molar-refractivity contribution in [2.45, 2.75) is 45.9 Å². The van der Waals surface area contributed by atoms with Gasteiger partial charge in [-0.2, -0.15) is 0 Å². The van der Waals surface area contributed by atoms with Crippen LogP contribution in [-0.4, -0.2) is 42.9 Å². The van der Waals surface area contributed by atoms with Crippen LogP contribution in [-0.2, 0) is 22.6 Å². The number of hydrogen-bond acceptors (Lipinski definition) is 5. The third-order valence-corrected chi connectivity index (χ3v) is 5.06. The lowest BCUT2D eigenvalue weighted by Gasteiger charge is -2.28. The minimum atomic E-state index is -0.552. The van der Waals surface area contributed by atoms with Gasteiger partial charge >= 0.3 is 12.2 Å². The molecule has 2 aliphatic heterocycles. The Morgan fingerprint density at radius 3 is 2.65 bits per heavy atom. The second-order valence-corrected chi connectivity index (χ2v) is 8.13. The molecule has 142 valence electrons. The zero-order valence-corrected chi connectivity index (χ0v) is 17.0. The van der Waals surface area contributed by atoms with E-state index < -0.39 is 5.60 Å². The minimum absolute atomic E-state index is 0.363. The standard InChI is InChI=1S/C18H23BrN2O5/c1-18(2,3)26-16(22)20-9-11-8-13(21-6-5-7-25-17(21)23)15(24-4)14(19)12(11)10-20/h8H,5-7,9-10H2,1-4H3. The molecule has 1 fully saturated rings. The minimum Gasteiger partial charge on any atom is -0.493 e. The number of halogens is 1. The maximum atomic E-state index is 12.4. The number of carbonyl (C=O) groups is 2. The first-order valence-corrected chi connectivity index (χ1v) is 9.31. The highest BCUT2D eigenvalue weighted by Crippen LogP contribution is 2.44. The summed E-state index contributed by atoms with van der Waals surface area (Å²) < 4.78 is 16.9. The number of hydrogen-bond donors (Lipinski definition) is 0. The normalized spacial score (nSPS) is 17.0. The Bertz CT molecular complexity index is 744. The van der Waals surface area contributed by atoms with E-state index in [1.807, 2.05) is 26.8 Å². The summed E-state index contributed by atoms with van der Waals surface area (Å²) in [5, 5.41) is 0. The predicted molar refractivity (Wildman–Crippen MR) is 99.5 cm³/mol. The lowest BCUT2D eigenvalue weighted by Crippen LogP contribution is -2.38. The van der Waals surface area contributed by atoms with Crippen molar-refractivity contribution in [2.24, 2.45) is 0 Å². The van der Waals surface area contributed by atoms with Gasteiger partial charge in [-0.05, 0) is 60.3 Å². The van der Waals surface area contributed by atoms with Gasteiger partial charge in [0.15, 0.2) is 5.75 Å². The maximum absolute atomic E-state index is 12.4. The topological polar surface area (TPSA) is 68.3 Å². The molecule has 0 bridgehead atoms. The number of anilines is 1. The first kappa shape index (κ1) is 18.8. The third kappa shape index (κ3) is 3.60. The fraction of sp³-hybridized carbons (Fsp3) is 0.556. The summed E-state index contributed by atoms with van der Waals surface area (Å²) in [7, 11) is 1.56. The molecule has 3 rings (SSSR count). The van der Waals surface area contributed by atoms with Crippen LogP contribution in [0.5, 0.6) is 5.75 Å². The van der Waals surface area contributed by atoms with E-state index in [1.165, 1.54) is 0 Å². The van der Waals surface area contributed by atoms with E-state index in [4.69, 9.17) is 14.2 Å². The highest BCUT2D eigenvalue weighted by atomic mass is 79.9. The van der Waals surface area contributed by atoms with Crippen molar-refractivity contribution >= 4 is 33.8 Å². The summed E-state index contributed by atoms with van der Waals surface area (Å²) in [5.74, 6) is 0.564. The smallest absolute Gasteiger partial charge is 0.414 e. The monoisotopic (exact) mass is 426 g/mol. The van der Waals surface area contributed by atoms with Crippen molar-refractivity contribution in [3.8, 4) is 5.75 Å². The molecule has 2 heterocycles. The van der Waals surface area contributed by atoms with Crippen LogP contribution in [0.15, 0.2) is 10.5 Å². The number of carbonyl (C=O) groups excluding carboxylic acids is 2. The number of benzene rings is 1. The molecule has 0 aliphatic carbocycles. The van der Waals surface area contributed by atoms with Gasteiger partial charge in [-0.25, -0.2) is 9.59 Å². The van der Waals surface area contributed by atoms with E-state index in [-0.39, 0.29) is 12.2 Å². The number of methoxy groups -OCH3 is 1. The number of amides is 2. The largest absolute Gasteiger partial charge is 0.493 e. The zero-order valence-electron chi connectivity index (χ0n) is 15.4. The van der Waals surface area contributed by atoms with E-state index in [9.17, 15) is 9.59 Å². The summed E-state index contributed by atoms with van der Waals surface area (Å²) in [5.41, 5.74) is 2.01. The van der Waals surface area contributed by atoms with Crippen LogP contribution in [0.1, 0.15) is 38.3 Å². The van der Waals surface area contributed by atoms with Crippen molar-refractivity contribution in [2.75, 3.05) is 25.2 Å². The van der Waals surface area contributed by atoms with Crippen molar-refractivity contribution < 1.29 is 23.8 Å². The van der Waals surface area contributed by atoms with Crippen LogP contribution in [0, 0.1) is 0 Å². The molecule has 2 aliphatic rings. The maximum Gasteiger partial charge on any atom is 0.414 e. The van der Waals surface area contributed by atoms with Crippen molar-refractivity contribution in [1.82, 2.24) is 4.90 Å². The Morgan fingerprint density at radius 1 is 1.31 bits per heavy atom. The first-order valence-electron chi connectivity index (χ1n) is 8.51. The van der Waals surface area contributed by atoms with Gasteiger partial charge in [-0.15, -0.1) is 0 Å². The van der Waals surface area contributed by atoms with Crippen LogP contribution in [0.2, 0.25) is 0 Å². The fourth-order valence-corrected chi connectivity index (χ4v) is 3.84. The van der Waals surface area contributed by atoms with Crippen LogP contribution in [0.25, 0.3) is 0 Å². The lowest BCUT2D eigenvalue weighted by atomic mass is 10.1. The molecule has 0 radical (unpaired) electrons. The Kier molecular flexibility index (Phi) is 5.05. The molecule has 0 spiro atoms. The second-order valence-electron chi connectivity index (χ2n) is 7.34. The number of ether oxygens (including phenoxy) is 3. The molecule has 7 nitrogen and oxygen atoms in total. The van der Waals surface area contributed by atoms with Gasteiger partial charge in [0, 0.05) is 13.1 Å². The highest BCUT2D eigenvalue weighted by Gasteiger charge is 2.33. The second kappa shape index (κ2) is 6.98. The van der Waals surface area contributed by atoms with Crippen LogP contribution in [0.3, 0.4) is 0 Å². The fourth-order valence-electron chi connectivity index (χ4n) is 3.09. The van der Waals surface area contributed by atoms with Crippen LogP contribution < -0.4 is 9.64 Å². The third-order valence-electron chi connectivity index (χ3n) is 4.22. The van der Waals surface area contributed by atoms with Gasteiger partial charge in [0.1, 0.15) is 5.60 Å². The van der Waals surface area contributed by atoms with Crippen molar-refractivity contribution in [3.05, 3.63) is 21.7 Å². The van der Waals surface area contributed by atoms with E-state index in [1.54, 1.807) is 16.9 Å².